The summed E-state index contributed by atoms with van der Waals surface area (Å²) in [4.78, 5) is 20.9. The van der Waals surface area contributed by atoms with E-state index in [4.69, 9.17) is 9.47 Å². The summed E-state index contributed by atoms with van der Waals surface area (Å²) in [5.74, 6) is 1.59. The summed E-state index contributed by atoms with van der Waals surface area (Å²) in [7, 11) is -2.61. The van der Waals surface area contributed by atoms with Gasteiger partial charge in [0.15, 0.2) is 0 Å². The number of amides is 1. The summed E-state index contributed by atoms with van der Waals surface area (Å²) < 4.78 is 41.0. The lowest BCUT2D eigenvalue weighted by molar-refractivity contribution is 0.0914. The molecule has 0 saturated heterocycles. The highest BCUT2D eigenvalue weighted by Crippen LogP contribution is 2.48. The first-order valence-electron chi connectivity index (χ1n) is 14.6. The molecule has 10 heteroatoms. The Morgan fingerprint density at radius 1 is 1.10 bits per heavy atom. The van der Waals surface area contributed by atoms with Crippen molar-refractivity contribution in [2.45, 2.75) is 57.8 Å². The fourth-order valence-electron chi connectivity index (χ4n) is 6.55. The van der Waals surface area contributed by atoms with Crippen molar-refractivity contribution in [2.75, 3.05) is 25.0 Å². The topological polar surface area (TPSA) is 120 Å². The van der Waals surface area contributed by atoms with Crippen LogP contribution in [0.15, 0.2) is 53.4 Å². The van der Waals surface area contributed by atoms with Gasteiger partial charge < -0.3 is 14.8 Å². The Kier molecular flexibility index (Phi) is 8.73. The van der Waals surface area contributed by atoms with Crippen molar-refractivity contribution in [3.63, 3.8) is 0 Å². The summed E-state index contributed by atoms with van der Waals surface area (Å²) in [6.07, 6.45) is 2.33. The van der Waals surface area contributed by atoms with Crippen LogP contribution in [0, 0.1) is 37.5 Å². The molecule has 1 fully saturated rings. The molecule has 2 aliphatic rings. The van der Waals surface area contributed by atoms with Gasteiger partial charge in [0.25, 0.3) is 10.0 Å². The average Bonchev–Trinajstić information content (AvgIpc) is 2.91. The van der Waals surface area contributed by atoms with E-state index in [1.807, 2.05) is 44.2 Å². The number of hydrogen-bond acceptors (Lipinski definition) is 7. The van der Waals surface area contributed by atoms with Crippen LogP contribution in [0.3, 0.4) is 0 Å². The second kappa shape index (κ2) is 12.3. The molecule has 1 aliphatic carbocycles. The number of fused-ring (bicyclic) bond motifs is 4. The summed E-state index contributed by atoms with van der Waals surface area (Å²) in [5.41, 5.74) is 4.58. The van der Waals surface area contributed by atoms with Gasteiger partial charge in [0.1, 0.15) is 0 Å². The third-order valence-corrected chi connectivity index (χ3v) is 9.77. The number of alkyl carbamates (subject to hydrolysis) is 1. The van der Waals surface area contributed by atoms with Crippen LogP contribution in [-0.4, -0.2) is 44.7 Å². The van der Waals surface area contributed by atoms with Crippen LogP contribution in [0.4, 0.5) is 10.7 Å². The molecule has 1 saturated carbocycles. The number of aromatic nitrogens is 2. The van der Waals surface area contributed by atoms with E-state index in [0.29, 0.717) is 42.5 Å². The van der Waals surface area contributed by atoms with Gasteiger partial charge in [0, 0.05) is 24.1 Å². The number of carbonyl (C=O) groups is 1. The Labute approximate surface area is 248 Å². The summed E-state index contributed by atoms with van der Waals surface area (Å²) in [5, 5.41) is 2.82. The zero-order chi connectivity index (χ0) is 30.0. The third kappa shape index (κ3) is 6.53. The molecule has 42 heavy (non-hydrogen) atoms. The van der Waals surface area contributed by atoms with Gasteiger partial charge in [-0.2, -0.15) is 4.98 Å². The first-order valence-corrected chi connectivity index (χ1v) is 16.1. The fraction of sp³-hybridized carbons (Fsp3) is 0.469. The molecule has 0 radical (unpaired) electrons. The number of ether oxygens (including phenoxy) is 2. The van der Waals surface area contributed by atoms with Crippen molar-refractivity contribution >= 4 is 22.1 Å². The number of anilines is 1. The largest absolute Gasteiger partial charge is 0.477 e. The van der Waals surface area contributed by atoms with E-state index in [-0.39, 0.29) is 22.7 Å². The molecule has 0 spiro atoms. The van der Waals surface area contributed by atoms with Gasteiger partial charge in [-0.05, 0) is 85.6 Å². The smallest absolute Gasteiger partial charge is 0.406 e. The van der Waals surface area contributed by atoms with Gasteiger partial charge in [-0.1, -0.05) is 44.2 Å². The van der Waals surface area contributed by atoms with Crippen LogP contribution in [0.5, 0.6) is 5.88 Å². The maximum Gasteiger partial charge on any atom is 0.406 e. The number of rotatable bonds is 6. The Morgan fingerprint density at radius 3 is 2.50 bits per heavy atom. The number of hydrogen-bond donors (Lipinski definition) is 2. The Morgan fingerprint density at radius 2 is 1.81 bits per heavy atom. The van der Waals surface area contributed by atoms with Gasteiger partial charge in [-0.15, -0.1) is 0 Å². The minimum atomic E-state index is -3.97. The van der Waals surface area contributed by atoms with Crippen molar-refractivity contribution in [3.8, 4) is 17.1 Å². The molecule has 1 unspecified atom stereocenters. The van der Waals surface area contributed by atoms with E-state index in [2.05, 4.69) is 33.9 Å². The number of aryl methyl sites for hydroxylation is 2. The zero-order valence-corrected chi connectivity index (χ0v) is 25.7. The average molecular weight is 593 g/mol. The summed E-state index contributed by atoms with van der Waals surface area (Å²) in [6, 6.07) is 15.0. The van der Waals surface area contributed by atoms with Crippen LogP contribution in [0.25, 0.3) is 11.3 Å². The van der Waals surface area contributed by atoms with Crippen LogP contribution < -0.4 is 14.8 Å². The number of carbonyl (C=O) groups excluding carboxylic acids is 1. The van der Waals surface area contributed by atoms with Crippen LogP contribution in [-0.2, 0) is 14.8 Å². The maximum absolute atomic E-state index is 13.6. The van der Waals surface area contributed by atoms with E-state index < -0.39 is 16.1 Å². The molecule has 2 heterocycles. The molecule has 2 aromatic carbocycles. The minimum absolute atomic E-state index is 0.0203. The predicted octanol–water partition coefficient (Wildman–Crippen LogP) is 6.08. The molecular formula is C32H40N4O5S. The molecule has 1 aliphatic heterocycles. The van der Waals surface area contributed by atoms with E-state index in [1.54, 1.807) is 18.2 Å². The Bertz CT molecular complexity index is 1530. The molecule has 1 aromatic heterocycles. The third-order valence-electron chi connectivity index (χ3n) is 8.45. The van der Waals surface area contributed by atoms with Gasteiger partial charge in [-0.3, -0.25) is 0 Å². The maximum atomic E-state index is 13.6. The molecule has 5 rings (SSSR count). The van der Waals surface area contributed by atoms with E-state index >= 15 is 0 Å². The highest BCUT2D eigenvalue weighted by atomic mass is 32.2. The lowest BCUT2D eigenvalue weighted by Gasteiger charge is -2.44. The Balaban J connectivity index is 1.55. The molecule has 224 valence electrons. The quantitative estimate of drug-likeness (QED) is 0.356. The molecule has 2 N–H and O–H groups in total. The Hall–Kier alpha value is -3.66. The lowest BCUT2D eigenvalue weighted by Crippen LogP contribution is -2.40. The summed E-state index contributed by atoms with van der Waals surface area (Å²) >= 11 is 0. The molecule has 1 amide bonds. The van der Waals surface area contributed by atoms with Crippen LogP contribution >= 0.6 is 0 Å². The normalized spacial score (nSPS) is 22.9. The predicted molar refractivity (Wildman–Crippen MR) is 162 cm³/mol. The second-order valence-corrected chi connectivity index (χ2v) is 13.7. The first kappa shape index (κ1) is 29.8. The zero-order valence-electron chi connectivity index (χ0n) is 24.9. The number of sulfonamides is 1. The van der Waals surface area contributed by atoms with Gasteiger partial charge in [0.05, 0.1) is 24.3 Å². The van der Waals surface area contributed by atoms with E-state index in [9.17, 15) is 13.2 Å². The van der Waals surface area contributed by atoms with Crippen molar-refractivity contribution in [1.29, 1.82) is 0 Å². The number of nitrogens with one attached hydrogen (secondary N) is 2. The van der Waals surface area contributed by atoms with Crippen molar-refractivity contribution in [3.05, 3.63) is 65.2 Å². The van der Waals surface area contributed by atoms with Crippen LogP contribution in [0.1, 0.15) is 55.7 Å². The highest BCUT2D eigenvalue weighted by Gasteiger charge is 2.40. The van der Waals surface area contributed by atoms with Gasteiger partial charge in [0.2, 0.25) is 11.8 Å². The second-order valence-electron chi connectivity index (χ2n) is 12.1. The van der Waals surface area contributed by atoms with Gasteiger partial charge in [-0.25, -0.2) is 22.9 Å². The van der Waals surface area contributed by atoms with E-state index in [1.165, 1.54) is 7.11 Å². The number of nitrogens with zero attached hydrogens (tertiary/aromatic N) is 2. The standard InChI is InChI=1S/C32H40N4O5S/c1-19(2)12-25-18-41-28-16-27(29-20(3)8-6-9-21(29)4)34-31(35-28)36-42(38,39)26-11-7-10-23(15-26)30(25)24-13-22(14-24)17-33-32(37)40-5/h6-11,15-16,19,22,24-25,30H,12-14,17-18H2,1-5H3,(H,33,37)(H,34,35,36)/t22-,24+,25-,30?/m1/s1. The van der Waals surface area contributed by atoms with Crippen molar-refractivity contribution in [2.24, 2.45) is 23.7 Å². The minimum Gasteiger partial charge on any atom is -0.477 e. The van der Waals surface area contributed by atoms with E-state index in [0.717, 1.165) is 41.5 Å². The SMILES string of the molecule is COC(=O)NC[C@H]1C[C@@H](C2c3cccc(c3)S(=O)(=O)Nc3nc(cc(-c4c(C)cccc4C)n3)OC[C@H]2CC(C)C)C1. The van der Waals surface area contributed by atoms with Gasteiger partial charge >= 0.3 is 6.09 Å². The van der Waals surface area contributed by atoms with Crippen molar-refractivity contribution < 1.29 is 22.7 Å². The monoisotopic (exact) mass is 592 g/mol. The number of benzene rings is 2. The lowest BCUT2D eigenvalue weighted by atomic mass is 9.62. The highest BCUT2D eigenvalue weighted by molar-refractivity contribution is 7.92. The van der Waals surface area contributed by atoms with Crippen molar-refractivity contribution in [1.82, 2.24) is 15.3 Å². The van der Waals surface area contributed by atoms with Crippen LogP contribution in [0.2, 0.25) is 0 Å². The molecular weight excluding hydrogens is 552 g/mol. The molecule has 9 nitrogen and oxygen atoms in total. The molecule has 4 bridgehead atoms. The number of methoxy groups -OCH3 is 1. The molecule has 2 atom stereocenters. The summed E-state index contributed by atoms with van der Waals surface area (Å²) in [6.45, 7) is 9.41. The fourth-order valence-corrected chi connectivity index (χ4v) is 7.55. The molecule has 3 aromatic rings. The first-order chi connectivity index (χ1) is 20.0.